The minimum absolute atomic E-state index is 0.158. The van der Waals surface area contributed by atoms with Crippen molar-refractivity contribution in [2.75, 3.05) is 13.6 Å². The minimum Gasteiger partial charge on any atom is -0.459 e. The molecule has 0 fully saturated rings. The van der Waals surface area contributed by atoms with E-state index in [4.69, 9.17) is 4.42 Å². The smallest absolute Gasteiger partial charge is 0.287 e. The maximum atomic E-state index is 11.5. The molecule has 1 atom stereocenters. The predicted octanol–water partition coefficient (Wildman–Crippen LogP) is 0.926. The number of hydrogen-bond acceptors (Lipinski definition) is 3. The predicted molar refractivity (Wildman–Crippen MR) is 54.3 cm³/mol. The molecule has 1 aromatic heterocycles. The molecular formula is C10H16N2O2. The van der Waals surface area contributed by atoms with Crippen LogP contribution in [0.2, 0.25) is 0 Å². The molecule has 2 N–H and O–H groups in total. The van der Waals surface area contributed by atoms with E-state index in [1.54, 1.807) is 6.07 Å². The van der Waals surface area contributed by atoms with E-state index in [-0.39, 0.29) is 11.9 Å². The summed E-state index contributed by atoms with van der Waals surface area (Å²) in [6.07, 6.45) is 1.52. The summed E-state index contributed by atoms with van der Waals surface area (Å²) >= 11 is 0. The van der Waals surface area contributed by atoms with Crippen LogP contribution in [0.5, 0.6) is 0 Å². The number of carbonyl (C=O) groups excluding carboxylic acids is 1. The molecule has 0 spiro atoms. The normalized spacial score (nSPS) is 12.5. The van der Waals surface area contributed by atoms with Crippen LogP contribution in [0.4, 0.5) is 0 Å². The first kappa shape index (κ1) is 10.8. The van der Waals surface area contributed by atoms with E-state index >= 15 is 0 Å². The Bertz CT molecular complexity index is 307. The molecule has 0 bridgehead atoms. The molecule has 0 aromatic carbocycles. The molecule has 1 aromatic rings. The molecule has 4 nitrogen and oxygen atoms in total. The second kappa shape index (κ2) is 4.81. The molecule has 0 aliphatic carbocycles. The lowest BCUT2D eigenvalue weighted by Gasteiger charge is -2.10. The van der Waals surface area contributed by atoms with Crippen LogP contribution in [0.3, 0.4) is 0 Å². The zero-order valence-electron chi connectivity index (χ0n) is 8.76. The fourth-order valence-electron chi connectivity index (χ4n) is 1.03. The second-order valence-corrected chi connectivity index (χ2v) is 3.33. The summed E-state index contributed by atoms with van der Waals surface area (Å²) in [7, 11) is 1.86. The SMILES string of the molecule is CNC(C)CNC(=O)c1occc1C. The lowest BCUT2D eigenvalue weighted by Crippen LogP contribution is -2.37. The molecule has 4 heteroatoms. The first-order chi connectivity index (χ1) is 6.65. The summed E-state index contributed by atoms with van der Waals surface area (Å²) in [5.41, 5.74) is 0.861. The third-order valence-electron chi connectivity index (χ3n) is 2.13. The fourth-order valence-corrected chi connectivity index (χ4v) is 1.03. The van der Waals surface area contributed by atoms with Gasteiger partial charge in [-0.05, 0) is 27.0 Å². The van der Waals surface area contributed by atoms with E-state index in [0.717, 1.165) is 5.56 Å². The molecule has 0 radical (unpaired) electrons. The lowest BCUT2D eigenvalue weighted by molar-refractivity contribution is 0.0922. The minimum atomic E-state index is -0.158. The van der Waals surface area contributed by atoms with Gasteiger partial charge in [-0.25, -0.2) is 0 Å². The van der Waals surface area contributed by atoms with E-state index in [2.05, 4.69) is 10.6 Å². The fraction of sp³-hybridized carbons (Fsp3) is 0.500. The highest BCUT2D eigenvalue weighted by molar-refractivity contribution is 5.92. The van der Waals surface area contributed by atoms with E-state index < -0.39 is 0 Å². The molecular weight excluding hydrogens is 180 g/mol. The Kier molecular flexibility index (Phi) is 3.71. The third kappa shape index (κ3) is 2.60. The van der Waals surface area contributed by atoms with E-state index in [1.807, 2.05) is 20.9 Å². The molecule has 1 rings (SSSR count). The van der Waals surface area contributed by atoms with Gasteiger partial charge in [0.05, 0.1) is 6.26 Å². The van der Waals surface area contributed by atoms with Gasteiger partial charge in [0, 0.05) is 18.2 Å². The first-order valence-electron chi connectivity index (χ1n) is 4.64. The van der Waals surface area contributed by atoms with Crippen LogP contribution in [0, 0.1) is 6.92 Å². The highest BCUT2D eigenvalue weighted by atomic mass is 16.3. The van der Waals surface area contributed by atoms with Gasteiger partial charge in [-0.1, -0.05) is 0 Å². The van der Waals surface area contributed by atoms with E-state index in [0.29, 0.717) is 12.3 Å². The molecule has 0 aliphatic rings. The summed E-state index contributed by atoms with van der Waals surface area (Å²) in [5.74, 6) is 0.239. The molecule has 0 saturated heterocycles. The van der Waals surface area contributed by atoms with Crippen molar-refractivity contribution in [1.82, 2.24) is 10.6 Å². The van der Waals surface area contributed by atoms with Crippen LogP contribution in [0.1, 0.15) is 23.0 Å². The monoisotopic (exact) mass is 196 g/mol. The van der Waals surface area contributed by atoms with Gasteiger partial charge in [-0.2, -0.15) is 0 Å². The summed E-state index contributed by atoms with van der Waals surface area (Å²) in [4.78, 5) is 11.5. The Morgan fingerprint density at radius 1 is 1.64 bits per heavy atom. The van der Waals surface area contributed by atoms with Crippen molar-refractivity contribution in [3.63, 3.8) is 0 Å². The molecule has 0 saturated carbocycles. The van der Waals surface area contributed by atoms with Gasteiger partial charge in [-0.15, -0.1) is 0 Å². The van der Waals surface area contributed by atoms with Crippen LogP contribution in [0.15, 0.2) is 16.7 Å². The Morgan fingerprint density at radius 2 is 2.36 bits per heavy atom. The second-order valence-electron chi connectivity index (χ2n) is 3.33. The van der Waals surface area contributed by atoms with Gasteiger partial charge in [0.15, 0.2) is 5.76 Å². The average Bonchev–Trinajstić information content (AvgIpc) is 2.60. The number of rotatable bonds is 4. The number of amides is 1. The zero-order chi connectivity index (χ0) is 10.6. The van der Waals surface area contributed by atoms with Crippen molar-refractivity contribution in [2.24, 2.45) is 0 Å². The first-order valence-corrected chi connectivity index (χ1v) is 4.64. The van der Waals surface area contributed by atoms with Gasteiger partial charge in [0.2, 0.25) is 0 Å². The topological polar surface area (TPSA) is 54.3 Å². The van der Waals surface area contributed by atoms with Crippen molar-refractivity contribution in [2.45, 2.75) is 19.9 Å². The number of furan rings is 1. The zero-order valence-corrected chi connectivity index (χ0v) is 8.76. The lowest BCUT2D eigenvalue weighted by atomic mass is 10.2. The maximum Gasteiger partial charge on any atom is 0.287 e. The van der Waals surface area contributed by atoms with Gasteiger partial charge in [-0.3, -0.25) is 4.79 Å². The van der Waals surface area contributed by atoms with Crippen LogP contribution >= 0.6 is 0 Å². The average molecular weight is 196 g/mol. The standard InChI is InChI=1S/C10H16N2O2/c1-7-4-5-14-9(7)10(13)12-6-8(2)11-3/h4-5,8,11H,6H2,1-3H3,(H,12,13). The van der Waals surface area contributed by atoms with Crippen molar-refractivity contribution < 1.29 is 9.21 Å². The number of likely N-dealkylation sites (N-methyl/N-ethyl adjacent to an activating group) is 1. The van der Waals surface area contributed by atoms with Crippen molar-refractivity contribution in [1.29, 1.82) is 0 Å². The van der Waals surface area contributed by atoms with Gasteiger partial charge < -0.3 is 15.1 Å². The molecule has 14 heavy (non-hydrogen) atoms. The summed E-state index contributed by atoms with van der Waals surface area (Å²) < 4.78 is 5.06. The Hall–Kier alpha value is -1.29. The number of nitrogens with one attached hydrogen (secondary N) is 2. The highest BCUT2D eigenvalue weighted by Crippen LogP contribution is 2.07. The molecule has 0 aliphatic heterocycles. The molecule has 1 unspecified atom stereocenters. The van der Waals surface area contributed by atoms with E-state index in [9.17, 15) is 4.79 Å². The summed E-state index contributed by atoms with van der Waals surface area (Å²) in [6, 6.07) is 2.03. The van der Waals surface area contributed by atoms with Crippen LogP contribution < -0.4 is 10.6 Å². The number of carbonyl (C=O) groups is 1. The number of hydrogen-bond donors (Lipinski definition) is 2. The maximum absolute atomic E-state index is 11.5. The Labute approximate surface area is 83.7 Å². The molecule has 1 heterocycles. The Balaban J connectivity index is 2.47. The van der Waals surface area contributed by atoms with Crippen LogP contribution in [0.25, 0.3) is 0 Å². The number of aryl methyl sites for hydroxylation is 1. The molecule has 78 valence electrons. The quantitative estimate of drug-likeness (QED) is 0.753. The van der Waals surface area contributed by atoms with Gasteiger partial charge in [0.25, 0.3) is 5.91 Å². The molecule has 1 amide bonds. The van der Waals surface area contributed by atoms with Crippen molar-refractivity contribution in [3.05, 3.63) is 23.7 Å². The summed E-state index contributed by atoms with van der Waals surface area (Å²) in [5, 5.41) is 5.82. The highest BCUT2D eigenvalue weighted by Gasteiger charge is 2.12. The van der Waals surface area contributed by atoms with Gasteiger partial charge in [0.1, 0.15) is 0 Å². The van der Waals surface area contributed by atoms with Gasteiger partial charge >= 0.3 is 0 Å². The van der Waals surface area contributed by atoms with Crippen molar-refractivity contribution >= 4 is 5.91 Å². The van der Waals surface area contributed by atoms with Crippen molar-refractivity contribution in [3.8, 4) is 0 Å². The van der Waals surface area contributed by atoms with Crippen LogP contribution in [-0.4, -0.2) is 25.5 Å². The van der Waals surface area contributed by atoms with Crippen LogP contribution in [-0.2, 0) is 0 Å². The summed E-state index contributed by atoms with van der Waals surface area (Å²) in [6.45, 7) is 4.44. The third-order valence-corrected chi connectivity index (χ3v) is 2.13. The Morgan fingerprint density at radius 3 is 2.86 bits per heavy atom. The van der Waals surface area contributed by atoms with E-state index in [1.165, 1.54) is 6.26 Å². The largest absolute Gasteiger partial charge is 0.459 e.